The van der Waals surface area contributed by atoms with Gasteiger partial charge in [-0.2, -0.15) is 0 Å². The van der Waals surface area contributed by atoms with E-state index < -0.39 is 12.2 Å². The highest BCUT2D eigenvalue weighted by Crippen LogP contribution is 2.03. The number of aryl methyl sites for hydroxylation is 1. The topological polar surface area (TPSA) is 82.5 Å². The first-order valence-corrected chi connectivity index (χ1v) is 8.66. The van der Waals surface area contributed by atoms with Gasteiger partial charge in [0.15, 0.2) is 0 Å². The van der Waals surface area contributed by atoms with E-state index in [1.807, 2.05) is 25.1 Å². The third-order valence-electron chi connectivity index (χ3n) is 3.46. The number of aliphatic hydroxyl groups excluding tert-OH is 2. The molecule has 0 radical (unpaired) electrons. The largest absolute Gasteiger partial charge is 0.389 e. The summed E-state index contributed by atoms with van der Waals surface area (Å²) in [5, 5.41) is 22.3. The Morgan fingerprint density at radius 3 is 2.40 bits per heavy atom. The van der Waals surface area contributed by atoms with Crippen LogP contribution in [0.1, 0.15) is 31.9 Å². The molecule has 136 valence electrons. The van der Waals surface area contributed by atoms with Crippen LogP contribution in [0.2, 0.25) is 0 Å². The molecule has 0 aliphatic carbocycles. The van der Waals surface area contributed by atoms with Crippen molar-refractivity contribution in [1.82, 2.24) is 10.3 Å². The van der Waals surface area contributed by atoms with Crippen LogP contribution in [-0.2, 0) is 11.2 Å². The molecule has 0 bridgehead atoms. The monoisotopic (exact) mass is 344 g/mol. The van der Waals surface area contributed by atoms with Crippen molar-refractivity contribution in [2.45, 2.75) is 44.8 Å². The van der Waals surface area contributed by atoms with E-state index in [1.54, 1.807) is 42.7 Å². The third kappa shape index (κ3) is 11.0. The standard InChI is InChI=1S/C20H28N2O3/c1-2-21-20(25)15-14-19(24)11-6-4-3-5-10-18(23)13-12-17-9-7-8-16-22-17/h3-11,16,18-19,23-24H,2,12-15H2,1H3,(H,21,25)/b4-3+,10-5+,11-6+. The second kappa shape index (κ2) is 13.1. The molecule has 0 aromatic carbocycles. The van der Waals surface area contributed by atoms with Gasteiger partial charge < -0.3 is 15.5 Å². The first kappa shape index (κ1) is 20.8. The van der Waals surface area contributed by atoms with E-state index in [-0.39, 0.29) is 5.91 Å². The molecule has 1 amide bonds. The molecule has 2 atom stereocenters. The van der Waals surface area contributed by atoms with Crippen LogP contribution in [0.25, 0.3) is 0 Å². The minimum atomic E-state index is -0.639. The number of carbonyl (C=O) groups excluding carboxylic acids is 1. The zero-order chi connectivity index (χ0) is 18.3. The number of amides is 1. The fourth-order valence-corrected chi connectivity index (χ4v) is 2.11. The van der Waals surface area contributed by atoms with Crippen molar-refractivity contribution in [2.75, 3.05) is 6.54 Å². The predicted octanol–water partition coefficient (Wildman–Crippen LogP) is 2.32. The quantitative estimate of drug-likeness (QED) is 0.538. The number of hydrogen-bond acceptors (Lipinski definition) is 4. The number of aromatic nitrogens is 1. The van der Waals surface area contributed by atoms with Gasteiger partial charge in [0.2, 0.25) is 5.91 Å². The Bertz CT molecular complexity index is 568. The molecule has 1 aromatic rings. The average Bonchev–Trinajstić information content (AvgIpc) is 2.62. The van der Waals surface area contributed by atoms with E-state index in [2.05, 4.69) is 10.3 Å². The molecular weight excluding hydrogens is 316 g/mol. The predicted molar refractivity (Wildman–Crippen MR) is 99.9 cm³/mol. The normalized spacial score (nSPS) is 14.4. The lowest BCUT2D eigenvalue weighted by molar-refractivity contribution is -0.121. The molecule has 1 rings (SSSR count). The number of nitrogens with one attached hydrogen (secondary N) is 1. The zero-order valence-corrected chi connectivity index (χ0v) is 14.7. The van der Waals surface area contributed by atoms with Gasteiger partial charge in [-0.3, -0.25) is 9.78 Å². The molecule has 5 heteroatoms. The van der Waals surface area contributed by atoms with Crippen molar-refractivity contribution >= 4 is 5.91 Å². The van der Waals surface area contributed by atoms with E-state index in [4.69, 9.17) is 0 Å². The SMILES string of the molecule is CCNC(=O)CCC(O)/C=C/C=C/C=C/C(O)CCc1ccccn1. The van der Waals surface area contributed by atoms with Crippen LogP contribution in [0.5, 0.6) is 0 Å². The molecule has 0 spiro atoms. The van der Waals surface area contributed by atoms with E-state index in [0.717, 1.165) is 12.1 Å². The smallest absolute Gasteiger partial charge is 0.220 e. The number of aliphatic hydroxyl groups is 2. The lowest BCUT2D eigenvalue weighted by Crippen LogP contribution is -2.23. The third-order valence-corrected chi connectivity index (χ3v) is 3.46. The first-order chi connectivity index (χ1) is 12.1. The maximum Gasteiger partial charge on any atom is 0.220 e. The number of allylic oxidation sites excluding steroid dienone is 4. The summed E-state index contributed by atoms with van der Waals surface area (Å²) in [6, 6.07) is 5.75. The van der Waals surface area contributed by atoms with Crippen LogP contribution < -0.4 is 5.32 Å². The first-order valence-electron chi connectivity index (χ1n) is 8.66. The Labute approximate surface area is 149 Å². The molecular formula is C20H28N2O3. The molecule has 0 saturated carbocycles. The van der Waals surface area contributed by atoms with Crippen LogP contribution >= 0.6 is 0 Å². The Morgan fingerprint density at radius 1 is 1.12 bits per heavy atom. The molecule has 0 aliphatic heterocycles. The van der Waals surface area contributed by atoms with E-state index in [1.165, 1.54) is 0 Å². The fourth-order valence-electron chi connectivity index (χ4n) is 2.11. The molecule has 1 heterocycles. The Kier molecular flexibility index (Phi) is 10.9. The Morgan fingerprint density at radius 2 is 1.80 bits per heavy atom. The number of rotatable bonds is 11. The summed E-state index contributed by atoms with van der Waals surface area (Å²) in [5.74, 6) is -0.0480. The zero-order valence-electron chi connectivity index (χ0n) is 14.7. The van der Waals surface area contributed by atoms with E-state index >= 15 is 0 Å². The summed E-state index contributed by atoms with van der Waals surface area (Å²) in [6.45, 7) is 2.47. The number of carbonyl (C=O) groups is 1. The van der Waals surface area contributed by atoms with Crippen molar-refractivity contribution in [3.05, 3.63) is 66.5 Å². The van der Waals surface area contributed by atoms with Crippen molar-refractivity contribution in [1.29, 1.82) is 0 Å². The van der Waals surface area contributed by atoms with Gasteiger partial charge in [-0.1, -0.05) is 42.5 Å². The summed E-state index contributed by atoms with van der Waals surface area (Å²) < 4.78 is 0. The summed E-state index contributed by atoms with van der Waals surface area (Å²) in [6.07, 6.45) is 13.1. The lowest BCUT2D eigenvalue weighted by atomic mass is 10.1. The lowest BCUT2D eigenvalue weighted by Gasteiger charge is -2.04. The minimum absolute atomic E-state index is 0.0480. The van der Waals surface area contributed by atoms with Crippen molar-refractivity contribution in [2.24, 2.45) is 0 Å². The minimum Gasteiger partial charge on any atom is -0.389 e. The molecule has 25 heavy (non-hydrogen) atoms. The van der Waals surface area contributed by atoms with Crippen molar-refractivity contribution < 1.29 is 15.0 Å². The van der Waals surface area contributed by atoms with Crippen molar-refractivity contribution in [3.8, 4) is 0 Å². The summed E-state index contributed by atoms with van der Waals surface area (Å²) in [7, 11) is 0. The maximum absolute atomic E-state index is 11.3. The molecule has 5 nitrogen and oxygen atoms in total. The molecule has 1 aromatic heterocycles. The second-order valence-electron chi connectivity index (χ2n) is 5.64. The summed E-state index contributed by atoms with van der Waals surface area (Å²) >= 11 is 0. The van der Waals surface area contributed by atoms with Gasteiger partial charge in [-0.15, -0.1) is 0 Å². The van der Waals surface area contributed by atoms with Gasteiger partial charge in [0, 0.05) is 24.9 Å². The van der Waals surface area contributed by atoms with Crippen LogP contribution in [0, 0.1) is 0 Å². The van der Waals surface area contributed by atoms with Gasteiger partial charge in [0.05, 0.1) is 12.2 Å². The highest BCUT2D eigenvalue weighted by atomic mass is 16.3. The highest BCUT2D eigenvalue weighted by molar-refractivity contribution is 5.75. The Balaban J connectivity index is 2.20. The maximum atomic E-state index is 11.3. The molecule has 2 unspecified atom stereocenters. The summed E-state index contributed by atoms with van der Waals surface area (Å²) in [4.78, 5) is 15.5. The molecule has 0 fully saturated rings. The van der Waals surface area contributed by atoms with Crippen LogP contribution in [-0.4, -0.2) is 39.9 Å². The fraction of sp³-hybridized carbons (Fsp3) is 0.400. The van der Waals surface area contributed by atoms with Gasteiger partial charge in [-0.25, -0.2) is 0 Å². The van der Waals surface area contributed by atoms with E-state index in [0.29, 0.717) is 25.8 Å². The van der Waals surface area contributed by atoms with Gasteiger partial charge in [0.1, 0.15) is 0 Å². The number of pyridine rings is 1. The van der Waals surface area contributed by atoms with Gasteiger partial charge in [-0.05, 0) is 38.3 Å². The second-order valence-corrected chi connectivity index (χ2v) is 5.64. The highest BCUT2D eigenvalue weighted by Gasteiger charge is 2.03. The van der Waals surface area contributed by atoms with E-state index in [9.17, 15) is 15.0 Å². The summed E-state index contributed by atoms with van der Waals surface area (Å²) in [5.41, 5.74) is 0.968. The average molecular weight is 344 g/mol. The number of nitrogens with zero attached hydrogens (tertiary/aromatic N) is 1. The molecule has 0 aliphatic rings. The van der Waals surface area contributed by atoms with Gasteiger partial charge in [0.25, 0.3) is 0 Å². The van der Waals surface area contributed by atoms with Crippen LogP contribution in [0.3, 0.4) is 0 Å². The van der Waals surface area contributed by atoms with Crippen LogP contribution in [0.4, 0.5) is 0 Å². The molecule has 0 saturated heterocycles. The van der Waals surface area contributed by atoms with Gasteiger partial charge >= 0.3 is 0 Å². The van der Waals surface area contributed by atoms with Crippen LogP contribution in [0.15, 0.2) is 60.9 Å². The Hall–Kier alpha value is -2.24. The molecule has 3 N–H and O–H groups in total. The van der Waals surface area contributed by atoms with Crippen molar-refractivity contribution in [3.63, 3.8) is 0 Å². The number of hydrogen-bond donors (Lipinski definition) is 3.